The monoisotopic (exact) mass is 235 g/mol. The molecule has 1 aliphatic heterocycles. The van der Waals surface area contributed by atoms with E-state index in [2.05, 4.69) is 8.75 Å². The molecule has 0 aromatic carbocycles. The zero-order valence-electron chi connectivity index (χ0n) is 7.35. The van der Waals surface area contributed by atoms with Gasteiger partial charge in [0.1, 0.15) is 5.60 Å². The van der Waals surface area contributed by atoms with Gasteiger partial charge in [0.25, 0.3) is 0 Å². The Morgan fingerprint density at radius 3 is 2.86 bits per heavy atom. The molecular weight excluding hydrogens is 226 g/mol. The van der Waals surface area contributed by atoms with Gasteiger partial charge < -0.3 is 15.1 Å². The van der Waals surface area contributed by atoms with E-state index >= 15 is 0 Å². The van der Waals surface area contributed by atoms with Crippen LogP contribution in [0.25, 0.3) is 0 Å². The Hall–Kier alpha value is -0.430. The fraction of sp³-hybridized carbons (Fsp3) is 0.714. The summed E-state index contributed by atoms with van der Waals surface area (Å²) in [6.45, 7) is 0.759. The van der Waals surface area contributed by atoms with E-state index in [4.69, 9.17) is 16.7 Å². The van der Waals surface area contributed by atoms with Crippen LogP contribution in [0, 0.1) is 0 Å². The number of β-amino-alcohol motifs (C(OH)–C–C–N with tert-alkyl or cyclic N) is 1. The fourth-order valence-corrected chi connectivity index (χ4v) is 2.31. The van der Waals surface area contributed by atoms with Gasteiger partial charge in [-0.25, -0.2) is 0 Å². The molecule has 1 saturated heterocycles. The summed E-state index contributed by atoms with van der Waals surface area (Å²) < 4.78 is 7.87. The van der Waals surface area contributed by atoms with Crippen molar-refractivity contribution in [1.29, 1.82) is 0 Å². The molecule has 0 spiro atoms. The van der Waals surface area contributed by atoms with Gasteiger partial charge in [-0.05, 0) is 6.42 Å². The van der Waals surface area contributed by atoms with Gasteiger partial charge in [0.15, 0.2) is 11.0 Å². The first-order valence-corrected chi connectivity index (χ1v) is 5.32. The predicted octanol–water partition coefficient (Wildman–Crippen LogP) is 0.125. The van der Waals surface area contributed by atoms with E-state index in [9.17, 15) is 5.11 Å². The summed E-state index contributed by atoms with van der Waals surface area (Å²) >= 11 is 6.85. The van der Waals surface area contributed by atoms with E-state index in [1.807, 2.05) is 4.90 Å². The van der Waals surface area contributed by atoms with Gasteiger partial charge >= 0.3 is 0 Å². The Kier molecular flexibility index (Phi) is 2.61. The Balaban J connectivity index is 2.13. The van der Waals surface area contributed by atoms with Crippen molar-refractivity contribution in [3.05, 3.63) is 5.15 Å². The lowest BCUT2D eigenvalue weighted by Gasteiger charge is -2.20. The molecule has 0 radical (unpaired) electrons. The van der Waals surface area contributed by atoms with Gasteiger partial charge in [-0.2, -0.15) is 8.75 Å². The van der Waals surface area contributed by atoms with Gasteiger partial charge in [0.05, 0.1) is 24.9 Å². The summed E-state index contributed by atoms with van der Waals surface area (Å²) in [7, 11) is 0. The Morgan fingerprint density at radius 1 is 1.57 bits per heavy atom. The van der Waals surface area contributed by atoms with Crippen molar-refractivity contribution < 1.29 is 10.2 Å². The van der Waals surface area contributed by atoms with Crippen molar-refractivity contribution in [2.45, 2.75) is 12.0 Å². The van der Waals surface area contributed by atoms with Crippen molar-refractivity contribution in [2.75, 3.05) is 24.6 Å². The van der Waals surface area contributed by atoms with Crippen LogP contribution in [0.5, 0.6) is 0 Å². The van der Waals surface area contributed by atoms with Crippen LogP contribution in [0.15, 0.2) is 0 Å². The van der Waals surface area contributed by atoms with E-state index < -0.39 is 5.60 Å². The molecule has 2 N–H and O–H groups in total. The molecule has 14 heavy (non-hydrogen) atoms. The Labute approximate surface area is 90.3 Å². The van der Waals surface area contributed by atoms with E-state index in [-0.39, 0.29) is 6.61 Å². The third-order valence-electron chi connectivity index (χ3n) is 2.36. The largest absolute Gasteiger partial charge is 0.393 e. The lowest BCUT2D eigenvalue weighted by molar-refractivity contribution is 0.00474. The molecule has 1 aromatic rings. The fourth-order valence-electron chi connectivity index (χ4n) is 1.53. The first-order valence-electron chi connectivity index (χ1n) is 4.21. The second kappa shape index (κ2) is 3.62. The minimum Gasteiger partial charge on any atom is -0.393 e. The van der Waals surface area contributed by atoms with Crippen LogP contribution >= 0.6 is 23.3 Å². The maximum absolute atomic E-state index is 9.78. The molecule has 0 saturated carbocycles. The van der Waals surface area contributed by atoms with Crippen molar-refractivity contribution in [3.8, 4) is 0 Å². The van der Waals surface area contributed by atoms with Crippen LogP contribution in [0.1, 0.15) is 6.42 Å². The van der Waals surface area contributed by atoms with Gasteiger partial charge in [0, 0.05) is 6.54 Å². The molecule has 1 unspecified atom stereocenters. The van der Waals surface area contributed by atoms with E-state index in [1.54, 1.807) is 0 Å². The number of aromatic nitrogens is 2. The summed E-state index contributed by atoms with van der Waals surface area (Å²) in [5, 5.41) is 19.1. The van der Waals surface area contributed by atoms with Crippen LogP contribution in [0.4, 0.5) is 5.82 Å². The maximum Gasteiger partial charge on any atom is 0.187 e. The lowest BCUT2D eigenvalue weighted by Crippen LogP contribution is -2.36. The third kappa shape index (κ3) is 1.70. The topological polar surface area (TPSA) is 69.5 Å². The molecule has 2 rings (SSSR count). The third-order valence-corrected chi connectivity index (χ3v) is 3.23. The molecule has 5 nitrogen and oxygen atoms in total. The number of nitrogens with zero attached hydrogens (tertiary/aromatic N) is 3. The van der Waals surface area contributed by atoms with Crippen LogP contribution in [0.3, 0.4) is 0 Å². The molecule has 1 fully saturated rings. The molecule has 78 valence electrons. The smallest absolute Gasteiger partial charge is 0.187 e. The van der Waals surface area contributed by atoms with E-state index in [1.165, 1.54) is 0 Å². The molecule has 0 amide bonds. The molecule has 2 heterocycles. The highest BCUT2D eigenvalue weighted by Crippen LogP contribution is 2.29. The molecular formula is C7H10ClN3O2S. The maximum atomic E-state index is 9.78. The summed E-state index contributed by atoms with van der Waals surface area (Å²) in [6, 6.07) is 0. The summed E-state index contributed by atoms with van der Waals surface area (Å²) in [6.07, 6.45) is 0.525. The van der Waals surface area contributed by atoms with Crippen molar-refractivity contribution in [3.63, 3.8) is 0 Å². The van der Waals surface area contributed by atoms with Gasteiger partial charge in [-0.1, -0.05) is 11.6 Å². The molecule has 0 bridgehead atoms. The molecule has 0 aliphatic carbocycles. The zero-order valence-corrected chi connectivity index (χ0v) is 8.92. The number of halogens is 1. The van der Waals surface area contributed by atoms with Crippen LogP contribution in [-0.4, -0.2) is 44.3 Å². The van der Waals surface area contributed by atoms with Gasteiger partial charge in [0.2, 0.25) is 0 Å². The highest BCUT2D eigenvalue weighted by Gasteiger charge is 2.37. The van der Waals surface area contributed by atoms with Crippen LogP contribution in [0.2, 0.25) is 5.15 Å². The number of anilines is 1. The summed E-state index contributed by atoms with van der Waals surface area (Å²) in [5.41, 5.74) is -1.02. The van der Waals surface area contributed by atoms with Gasteiger partial charge in [-0.15, -0.1) is 0 Å². The van der Waals surface area contributed by atoms with Gasteiger partial charge in [-0.3, -0.25) is 0 Å². The number of hydrogen-bond donors (Lipinski definition) is 2. The number of aliphatic hydroxyl groups excluding tert-OH is 1. The minimum atomic E-state index is -1.02. The predicted molar refractivity (Wildman–Crippen MR) is 53.8 cm³/mol. The standard InChI is InChI=1S/C7H10ClN3O2S/c8-5-6(10-14-9-5)11-2-1-7(13,3-11)4-12/h12-13H,1-4H2. The van der Waals surface area contributed by atoms with Crippen LogP contribution < -0.4 is 4.90 Å². The van der Waals surface area contributed by atoms with E-state index in [0.717, 1.165) is 11.7 Å². The zero-order chi connectivity index (χ0) is 10.2. The van der Waals surface area contributed by atoms with Crippen molar-refractivity contribution >= 4 is 29.1 Å². The van der Waals surface area contributed by atoms with Crippen LogP contribution in [-0.2, 0) is 0 Å². The quantitative estimate of drug-likeness (QED) is 0.763. The lowest BCUT2D eigenvalue weighted by atomic mass is 10.1. The normalized spacial score (nSPS) is 27.2. The first-order chi connectivity index (χ1) is 6.64. The Morgan fingerprint density at radius 2 is 2.36 bits per heavy atom. The highest BCUT2D eigenvalue weighted by molar-refractivity contribution is 6.99. The number of hydrogen-bond acceptors (Lipinski definition) is 6. The SMILES string of the molecule is OCC1(O)CCN(c2nsnc2Cl)C1. The van der Waals surface area contributed by atoms with Crippen molar-refractivity contribution in [1.82, 2.24) is 8.75 Å². The number of rotatable bonds is 2. The second-order valence-electron chi connectivity index (χ2n) is 3.43. The second-order valence-corrected chi connectivity index (χ2v) is 4.32. The van der Waals surface area contributed by atoms with Crippen molar-refractivity contribution in [2.24, 2.45) is 0 Å². The Bertz CT molecular complexity index is 334. The molecule has 7 heteroatoms. The minimum absolute atomic E-state index is 0.237. The summed E-state index contributed by atoms with van der Waals surface area (Å²) in [4.78, 5) is 1.84. The summed E-state index contributed by atoms with van der Waals surface area (Å²) in [5.74, 6) is 0.598. The molecule has 1 atom stereocenters. The highest BCUT2D eigenvalue weighted by atomic mass is 35.5. The average molecular weight is 236 g/mol. The average Bonchev–Trinajstić information content (AvgIpc) is 2.73. The number of aliphatic hydroxyl groups is 2. The first kappa shape index (κ1) is 10.1. The van der Waals surface area contributed by atoms with E-state index in [0.29, 0.717) is 30.5 Å². The molecule has 1 aromatic heterocycles. The molecule has 1 aliphatic rings.